The van der Waals surface area contributed by atoms with Crippen LogP contribution in [0.15, 0.2) is 53.8 Å². The van der Waals surface area contributed by atoms with Gasteiger partial charge in [-0.25, -0.2) is 33.4 Å². The molecule has 4 aromatic heterocycles. The molecule has 376 valence electrons. The van der Waals surface area contributed by atoms with Crippen LogP contribution in [0, 0.1) is 16.2 Å². The van der Waals surface area contributed by atoms with Crippen LogP contribution in [-0.4, -0.2) is 138 Å². The Bertz CT molecular complexity index is 2960. The number of hydrogen-bond acceptors (Lipinski definition) is 27. The van der Waals surface area contributed by atoms with Gasteiger partial charge in [0.1, 0.15) is 71.1 Å². The van der Waals surface area contributed by atoms with E-state index in [-0.39, 0.29) is 5.82 Å². The molecule has 4 fully saturated rings. The van der Waals surface area contributed by atoms with Crippen molar-refractivity contribution >= 4 is 29.3 Å². The van der Waals surface area contributed by atoms with Gasteiger partial charge in [-0.05, 0) is 24.3 Å². The molecular formula is C32H38N12O22P3-3. The van der Waals surface area contributed by atoms with Gasteiger partial charge in [-0.3, -0.25) is 47.9 Å². The summed E-state index contributed by atoms with van der Waals surface area (Å²) in [4.78, 5) is 60.2. The van der Waals surface area contributed by atoms with Crippen LogP contribution in [0.2, 0.25) is 0 Å². The fourth-order valence-corrected chi connectivity index (χ4v) is 10.7. The number of aliphatic hydroxyl groups is 2. The highest BCUT2D eigenvalue weighted by Crippen LogP contribution is 2.57. The first-order chi connectivity index (χ1) is 32.5. The molecule has 0 amide bonds. The first kappa shape index (κ1) is 50.2. The van der Waals surface area contributed by atoms with E-state index in [9.17, 15) is 58.7 Å². The van der Waals surface area contributed by atoms with Crippen LogP contribution >= 0.6 is 23.5 Å². The zero-order valence-electron chi connectivity index (χ0n) is 34.5. The van der Waals surface area contributed by atoms with Gasteiger partial charge >= 0.3 is 29.2 Å². The number of aliphatic hydroxyl groups excluding tert-OH is 2. The minimum Gasteiger partial charge on any atom is -0.846 e. The number of nitrogens with two attached hydrogens (primary N) is 1. The Morgan fingerprint density at radius 1 is 0.551 bits per heavy atom. The Morgan fingerprint density at radius 2 is 0.913 bits per heavy atom. The molecule has 8 rings (SSSR count). The number of phosphoric ester groups is 3. The summed E-state index contributed by atoms with van der Waals surface area (Å²) in [5, 5.41) is 82.1. The van der Waals surface area contributed by atoms with Crippen LogP contribution in [0.5, 0.6) is 18.0 Å². The highest BCUT2D eigenvalue weighted by atomic mass is 31.2. The van der Waals surface area contributed by atoms with Gasteiger partial charge in [-0.1, -0.05) is 0 Å². The molecule has 37 heteroatoms. The summed E-state index contributed by atoms with van der Waals surface area (Å²) < 4.78 is 98.2. The SMILES string of the molecule is N=c1ccn([C@@H]2OC[C@H](OP(=O)(O)O[C@@H]3[C@@H](OP(=O)(O)O[C@@H]4[C@@H](OP(=O)(O)O[C@H]5[C@H](n6ccc(=N)nc6[O-])OC[C@@H]5O)CO[C@H]4n4ccc(N)nc4=O)CO[C@H]3n3ccc(=N)nc3[O-])[C@H]2O)c([O-])n1. The zero-order chi connectivity index (χ0) is 49.7. The molecule has 34 nitrogen and oxygen atoms in total. The second-order valence-corrected chi connectivity index (χ2v) is 19.1. The van der Waals surface area contributed by atoms with Gasteiger partial charge < -0.3 is 78.6 Å². The van der Waals surface area contributed by atoms with Gasteiger partial charge in [0.25, 0.3) is 0 Å². The maximum absolute atomic E-state index is 14.1. The smallest absolute Gasteiger partial charge is 0.473 e. The predicted molar refractivity (Wildman–Crippen MR) is 206 cm³/mol. The highest BCUT2D eigenvalue weighted by molar-refractivity contribution is 7.48. The molecule has 0 spiro atoms. The number of ether oxygens (including phenoxy) is 4. The quantitative estimate of drug-likeness (QED) is 0.0473. The Labute approximate surface area is 383 Å². The lowest BCUT2D eigenvalue weighted by atomic mass is 10.2. The van der Waals surface area contributed by atoms with Crippen molar-refractivity contribution in [2.75, 3.05) is 32.2 Å². The third-order valence-electron chi connectivity index (χ3n) is 10.4. The number of nitrogens with one attached hydrogen (secondary N) is 3. The van der Waals surface area contributed by atoms with E-state index in [0.29, 0.717) is 9.13 Å². The first-order valence-corrected chi connectivity index (χ1v) is 24.1. The van der Waals surface area contributed by atoms with Crippen LogP contribution in [0.25, 0.3) is 0 Å². The summed E-state index contributed by atoms with van der Waals surface area (Å²) in [7, 11) is -16.9. The van der Waals surface area contributed by atoms with E-state index in [1.807, 2.05) is 0 Å². The third-order valence-corrected chi connectivity index (χ3v) is 13.5. The molecule has 4 aliphatic heterocycles. The van der Waals surface area contributed by atoms with Crippen molar-refractivity contribution in [1.82, 2.24) is 38.2 Å². The van der Waals surface area contributed by atoms with Crippen molar-refractivity contribution in [3.8, 4) is 18.0 Å². The second-order valence-electron chi connectivity index (χ2n) is 15.1. The number of nitrogen functional groups attached to an aromatic ring is 1. The summed E-state index contributed by atoms with van der Waals surface area (Å²) in [5.41, 5.74) is 3.14. The summed E-state index contributed by atoms with van der Waals surface area (Å²) in [5.74, 6) is -0.275. The molecule has 0 aliphatic carbocycles. The molecule has 0 radical (unpaired) electrons. The largest absolute Gasteiger partial charge is 0.846 e. The number of phosphoric acid groups is 3. The molecule has 0 saturated carbocycles. The number of rotatable bonds is 16. The minimum absolute atomic E-state index is 0.275. The Morgan fingerprint density at radius 3 is 1.38 bits per heavy atom. The van der Waals surface area contributed by atoms with Crippen LogP contribution in [-0.2, 0) is 59.8 Å². The monoisotopic (exact) mass is 1040 g/mol. The lowest BCUT2D eigenvalue weighted by molar-refractivity contribution is -0.292. The number of anilines is 1. The van der Waals surface area contributed by atoms with E-state index in [1.165, 1.54) is 0 Å². The molecule has 3 unspecified atom stereocenters. The van der Waals surface area contributed by atoms with E-state index in [2.05, 4.69) is 19.9 Å². The minimum atomic E-state index is -5.77. The van der Waals surface area contributed by atoms with E-state index in [1.54, 1.807) is 0 Å². The summed E-state index contributed by atoms with van der Waals surface area (Å²) >= 11 is 0. The average molecular weight is 1040 g/mol. The Hall–Kier alpha value is -5.19. The molecule has 8 heterocycles. The predicted octanol–water partition coefficient (Wildman–Crippen LogP) is -5.38. The Balaban J connectivity index is 1.04. The highest BCUT2D eigenvalue weighted by Gasteiger charge is 2.54. The summed E-state index contributed by atoms with van der Waals surface area (Å²) in [6.07, 6.45) is -18.0. The van der Waals surface area contributed by atoms with Crippen LogP contribution in [0.4, 0.5) is 5.82 Å². The lowest BCUT2D eigenvalue weighted by Crippen LogP contribution is -2.39. The second kappa shape index (κ2) is 19.5. The molecule has 4 aromatic rings. The maximum Gasteiger partial charge on any atom is 0.473 e. The molecule has 4 aliphatic rings. The Kier molecular flexibility index (Phi) is 14.2. The fourth-order valence-electron chi connectivity index (χ4n) is 7.37. The van der Waals surface area contributed by atoms with Gasteiger partial charge in [0, 0.05) is 24.8 Å². The summed E-state index contributed by atoms with van der Waals surface area (Å²) in [6, 6.07) is 1.04. The molecule has 0 bridgehead atoms. The van der Waals surface area contributed by atoms with Crippen molar-refractivity contribution in [1.29, 1.82) is 16.2 Å². The van der Waals surface area contributed by atoms with E-state index in [0.717, 1.165) is 58.2 Å². The van der Waals surface area contributed by atoms with Crippen molar-refractivity contribution in [3.05, 3.63) is 76.0 Å². The molecule has 10 N–H and O–H groups in total. The number of nitrogens with zero attached hydrogens (tertiary/aromatic N) is 8. The van der Waals surface area contributed by atoms with Gasteiger partial charge in [-0.15, -0.1) is 0 Å². The van der Waals surface area contributed by atoms with Gasteiger partial charge in [0.15, 0.2) is 24.9 Å². The van der Waals surface area contributed by atoms with Crippen molar-refractivity contribution in [3.63, 3.8) is 0 Å². The zero-order valence-corrected chi connectivity index (χ0v) is 37.2. The number of aromatic nitrogens is 8. The van der Waals surface area contributed by atoms with Crippen molar-refractivity contribution in [2.45, 2.75) is 73.7 Å². The van der Waals surface area contributed by atoms with E-state index in [4.69, 9.17) is 68.1 Å². The van der Waals surface area contributed by atoms with Crippen molar-refractivity contribution in [2.24, 2.45) is 0 Å². The van der Waals surface area contributed by atoms with E-state index < -0.39 is 164 Å². The van der Waals surface area contributed by atoms with Crippen LogP contribution in [0.3, 0.4) is 0 Å². The lowest BCUT2D eigenvalue weighted by Gasteiger charge is -2.31. The van der Waals surface area contributed by atoms with Crippen molar-refractivity contribution < 1.29 is 100.0 Å². The normalized spacial score (nSPS) is 31.8. The van der Waals surface area contributed by atoms with Gasteiger partial charge in [0.2, 0.25) is 0 Å². The standard InChI is InChI=1S/C32H41N12O22P3/c33-17-1-5-41(29(47)37-17)25-21(46)14(10-58-25)61-67(51,52)65-23-16(12-60-27(23)43-7-3-19(35)39-31(43)49)63-69(55,56)66-24-15(11-59-28(24)44-8-4-20(36)40-32(44)50)62-68(53,54)64-22-13(45)9-57-26(22)42-6-2-18(34)38-30(42)48/h1-8,13-16,21-28,45-46H,9-12H2,(H,51,52)(H,53,54)(H,55,56)(H2,33,37,47)(H2,34,38,48)(H2,35,39,49)(H2,36,40,50)/p-3/t13-,14-,15-,16-,21+,22+,23+,24+,25+,26+,27+,28+/m0/s1. The maximum atomic E-state index is 14.1. The first-order valence-electron chi connectivity index (χ1n) is 19.7. The van der Waals surface area contributed by atoms with Crippen LogP contribution < -0.4 is 43.2 Å². The number of hydrogen-bond donors (Lipinski definition) is 9. The molecule has 4 saturated heterocycles. The topological polar surface area (TPSA) is 500 Å². The molecular weight excluding hydrogens is 997 g/mol. The molecule has 69 heavy (non-hydrogen) atoms. The van der Waals surface area contributed by atoms with Crippen LogP contribution in [0.1, 0.15) is 24.9 Å². The fraction of sp³-hybridized carbons (Fsp3) is 0.500. The molecule has 15 atom stereocenters. The van der Waals surface area contributed by atoms with Gasteiger partial charge in [0.05, 0.1) is 44.5 Å². The van der Waals surface area contributed by atoms with Gasteiger partial charge in [-0.2, -0.15) is 4.98 Å². The van der Waals surface area contributed by atoms with E-state index >= 15 is 0 Å². The molecule has 0 aromatic carbocycles. The average Bonchev–Trinajstić information content (AvgIpc) is 4.01. The summed E-state index contributed by atoms with van der Waals surface area (Å²) in [6.45, 7) is -2.82. The third kappa shape index (κ3) is 11.1.